The van der Waals surface area contributed by atoms with Crippen LogP contribution in [-0.2, 0) is 23.9 Å². The highest BCUT2D eigenvalue weighted by Crippen LogP contribution is 2.66. The van der Waals surface area contributed by atoms with Crippen LogP contribution in [0, 0.1) is 28.6 Å². The number of Topliss-reactive ketones (excluding diaryl/α,β-unsaturated/α-hetero) is 2. The van der Waals surface area contributed by atoms with E-state index in [1.807, 2.05) is 0 Å². The Kier molecular flexibility index (Phi) is 3.57. The standard InChI is InChI=1S/C25H36O6/c1-5-30-15(2)31-14-21(28)25(29)11-9-19-18-7-6-16-12-17(26)8-10-23(16,3)22(18)20(27)13-24(19,25)4/h12,15,18-19,22,29H,5-11,13-14H2,1-4H3/t15?,18-,19-,22+,23-,24-,25-/m0/s1/i6D2,8D2,13D2,14D2,22D. The van der Waals surface area contributed by atoms with E-state index in [0.717, 1.165) is 13.0 Å². The number of carbonyl (C=O) groups excluding carboxylic acids is 3. The number of aliphatic hydroxyl groups is 1. The summed E-state index contributed by atoms with van der Waals surface area (Å²) in [5.74, 6) is -8.74. The summed E-state index contributed by atoms with van der Waals surface area (Å²) in [6, 6.07) is 0. The lowest BCUT2D eigenvalue weighted by Gasteiger charge is -2.57. The third-order valence-electron chi connectivity index (χ3n) is 7.58. The molecule has 6 nitrogen and oxygen atoms in total. The van der Waals surface area contributed by atoms with Gasteiger partial charge >= 0.3 is 0 Å². The van der Waals surface area contributed by atoms with Crippen LogP contribution in [-0.4, -0.2) is 47.5 Å². The van der Waals surface area contributed by atoms with Crippen LogP contribution in [0.3, 0.4) is 0 Å². The predicted molar refractivity (Wildman–Crippen MR) is 114 cm³/mol. The number of ether oxygens (including phenoxy) is 2. The molecular formula is C25H36O6. The van der Waals surface area contributed by atoms with Crippen molar-refractivity contribution in [1.29, 1.82) is 0 Å². The molecule has 4 rings (SSSR count). The zero-order valence-electron chi connectivity index (χ0n) is 27.3. The van der Waals surface area contributed by atoms with Gasteiger partial charge in [-0.15, -0.1) is 0 Å². The first kappa shape index (κ1) is 14.0. The highest BCUT2D eigenvalue weighted by Gasteiger charge is 2.68. The summed E-state index contributed by atoms with van der Waals surface area (Å²) in [6.45, 7) is 2.44. The van der Waals surface area contributed by atoms with Crippen LogP contribution in [0.5, 0.6) is 0 Å². The first-order chi connectivity index (χ1) is 17.9. The number of fused-ring (bicyclic) bond motifs is 5. The topological polar surface area (TPSA) is 89.9 Å². The summed E-state index contributed by atoms with van der Waals surface area (Å²) in [5.41, 5.74) is -7.21. The Morgan fingerprint density at radius 3 is 2.77 bits per heavy atom. The van der Waals surface area contributed by atoms with Gasteiger partial charge in [-0.2, -0.15) is 0 Å². The molecule has 4 aliphatic carbocycles. The van der Waals surface area contributed by atoms with E-state index < -0.39 is 103 Å². The van der Waals surface area contributed by atoms with E-state index in [1.54, 1.807) is 6.92 Å². The highest BCUT2D eigenvalue weighted by molar-refractivity contribution is 5.94. The summed E-state index contributed by atoms with van der Waals surface area (Å²) in [7, 11) is 0. The molecule has 0 spiro atoms. The van der Waals surface area contributed by atoms with E-state index >= 15 is 0 Å². The first-order valence-corrected chi connectivity index (χ1v) is 10.8. The van der Waals surface area contributed by atoms with Crippen molar-refractivity contribution < 1.29 is 41.3 Å². The molecule has 0 amide bonds. The van der Waals surface area contributed by atoms with Gasteiger partial charge in [-0.05, 0) is 69.2 Å². The molecular weight excluding hydrogens is 396 g/mol. The molecule has 6 heteroatoms. The Morgan fingerprint density at radius 2 is 2.06 bits per heavy atom. The van der Waals surface area contributed by atoms with Crippen LogP contribution in [0.15, 0.2) is 11.6 Å². The minimum Gasteiger partial charge on any atom is -0.381 e. The fraction of sp³-hybridized carbons (Fsp3) is 0.800. The summed E-state index contributed by atoms with van der Waals surface area (Å²) < 4.78 is 88.5. The molecule has 0 radical (unpaired) electrons. The molecule has 4 aliphatic rings. The summed E-state index contributed by atoms with van der Waals surface area (Å²) in [6.07, 6.45) is -10.1. The van der Waals surface area contributed by atoms with E-state index in [0.29, 0.717) is 0 Å². The molecule has 0 heterocycles. The average molecular weight is 442 g/mol. The molecule has 0 saturated heterocycles. The lowest BCUT2D eigenvalue weighted by atomic mass is 9.46. The van der Waals surface area contributed by atoms with Crippen molar-refractivity contribution in [1.82, 2.24) is 0 Å². The molecule has 31 heavy (non-hydrogen) atoms. The fourth-order valence-corrected chi connectivity index (χ4v) is 5.84. The number of allylic oxidation sites excluding steroid dienone is 1. The van der Waals surface area contributed by atoms with Crippen LogP contribution >= 0.6 is 0 Å². The molecule has 0 aromatic rings. The zero-order chi connectivity index (χ0) is 30.7. The van der Waals surface area contributed by atoms with Crippen molar-refractivity contribution in [3.63, 3.8) is 0 Å². The molecule has 0 aromatic heterocycles. The fourth-order valence-electron chi connectivity index (χ4n) is 5.84. The third-order valence-corrected chi connectivity index (χ3v) is 7.58. The molecule has 3 fully saturated rings. The first-order valence-electron chi connectivity index (χ1n) is 15.3. The van der Waals surface area contributed by atoms with Gasteiger partial charge in [0.25, 0.3) is 0 Å². The van der Waals surface area contributed by atoms with Gasteiger partial charge in [0, 0.05) is 40.3 Å². The van der Waals surface area contributed by atoms with Gasteiger partial charge < -0.3 is 14.6 Å². The number of carbonyl (C=O) groups is 3. The highest BCUT2D eigenvalue weighted by atomic mass is 16.7. The maximum Gasteiger partial charge on any atom is 0.190 e. The number of ketones is 3. The molecule has 3 saturated carbocycles. The van der Waals surface area contributed by atoms with Crippen molar-refractivity contribution in [2.24, 2.45) is 28.6 Å². The minimum absolute atomic E-state index is 0.134. The second kappa shape index (κ2) is 7.89. The maximum atomic E-state index is 14.3. The van der Waals surface area contributed by atoms with Gasteiger partial charge in [0.15, 0.2) is 17.9 Å². The molecule has 0 bridgehead atoms. The zero-order valence-corrected chi connectivity index (χ0v) is 18.3. The SMILES string of the molecule is [2H]C1([2H])C[C@@]2(C)C(=CC1=O)C([2H])([2H])C[C@H]1[C@@H]3CC[C@](O)(C(=O)C([2H])([2H])OC(C)OCC)[C@@]3(C)C([2H])([2H])C(=O)[C@@]12[2H]. The number of rotatable bonds is 6. The Hall–Kier alpha value is -1.37. The van der Waals surface area contributed by atoms with Crippen molar-refractivity contribution in [2.75, 3.05) is 13.2 Å². The molecule has 7 atom stereocenters. The van der Waals surface area contributed by atoms with E-state index in [2.05, 4.69) is 0 Å². The predicted octanol–water partition coefficient (Wildman–Crippen LogP) is 3.40. The second-order valence-electron chi connectivity index (χ2n) is 9.24. The van der Waals surface area contributed by atoms with Gasteiger partial charge in [-0.1, -0.05) is 19.4 Å². The number of hydrogen-bond donors (Lipinski definition) is 1. The lowest BCUT2D eigenvalue weighted by molar-refractivity contribution is -0.180. The van der Waals surface area contributed by atoms with Crippen molar-refractivity contribution in [3.8, 4) is 0 Å². The largest absolute Gasteiger partial charge is 0.381 e. The van der Waals surface area contributed by atoms with Crippen LogP contribution < -0.4 is 0 Å². The molecule has 0 aromatic carbocycles. The maximum absolute atomic E-state index is 14.3. The monoisotopic (exact) mass is 441 g/mol. The summed E-state index contributed by atoms with van der Waals surface area (Å²) in [5, 5.41) is 11.9. The summed E-state index contributed by atoms with van der Waals surface area (Å²) >= 11 is 0. The van der Waals surface area contributed by atoms with Gasteiger partial charge in [0.1, 0.15) is 17.9 Å². The molecule has 172 valence electrons. The normalized spacial score (nSPS) is 55.0. The van der Waals surface area contributed by atoms with Gasteiger partial charge in [0.2, 0.25) is 0 Å². The van der Waals surface area contributed by atoms with Crippen molar-refractivity contribution in [3.05, 3.63) is 11.6 Å². The lowest BCUT2D eigenvalue weighted by Crippen LogP contribution is -2.61. The van der Waals surface area contributed by atoms with Gasteiger partial charge in [-0.25, -0.2) is 0 Å². The van der Waals surface area contributed by atoms with E-state index in [9.17, 15) is 20.9 Å². The van der Waals surface area contributed by atoms with Crippen molar-refractivity contribution in [2.45, 2.75) is 84.4 Å². The van der Waals surface area contributed by atoms with E-state index in [1.165, 1.54) is 13.8 Å². The molecule has 1 unspecified atom stereocenters. The molecule has 1 N–H and O–H groups in total. The minimum atomic E-state index is -3.14. The Morgan fingerprint density at radius 1 is 1.32 bits per heavy atom. The Labute approximate surface area is 197 Å². The molecule has 0 aliphatic heterocycles. The van der Waals surface area contributed by atoms with Gasteiger partial charge in [-0.3, -0.25) is 14.4 Å². The van der Waals surface area contributed by atoms with Gasteiger partial charge in [0.05, 0.1) is 2.74 Å². The van der Waals surface area contributed by atoms with Crippen LogP contribution in [0.1, 0.15) is 84.8 Å². The quantitative estimate of drug-likeness (QED) is 0.636. The summed E-state index contributed by atoms with van der Waals surface area (Å²) in [4.78, 5) is 40.4. The van der Waals surface area contributed by atoms with Crippen LogP contribution in [0.25, 0.3) is 0 Å². The van der Waals surface area contributed by atoms with Crippen LogP contribution in [0.2, 0.25) is 0 Å². The second-order valence-corrected chi connectivity index (χ2v) is 9.24. The average Bonchev–Trinajstić information content (AvgIpc) is 3.09. The van der Waals surface area contributed by atoms with Crippen molar-refractivity contribution >= 4 is 17.3 Å². The van der Waals surface area contributed by atoms with E-state index in [4.69, 9.17) is 20.4 Å². The smallest absolute Gasteiger partial charge is 0.190 e. The Bertz CT molecular complexity index is 1190. The number of hydrogen-bond acceptors (Lipinski definition) is 6. The third kappa shape index (κ3) is 3.37. The Balaban J connectivity index is 1.89. The van der Waals surface area contributed by atoms with E-state index in [-0.39, 0.29) is 18.6 Å². The van der Waals surface area contributed by atoms with Crippen LogP contribution in [0.4, 0.5) is 0 Å².